The summed E-state index contributed by atoms with van der Waals surface area (Å²) in [7, 11) is 0. The summed E-state index contributed by atoms with van der Waals surface area (Å²) in [6.45, 7) is 2.77. The first-order chi connectivity index (χ1) is 11.7. The monoisotopic (exact) mass is 439 g/mol. The Balaban J connectivity index is 1.72. The maximum absolute atomic E-state index is 13.5. The normalized spacial score (nSPS) is 22.0. The van der Waals surface area contributed by atoms with Gasteiger partial charge in [-0.15, -0.1) is 0 Å². The minimum atomic E-state index is -0.149. The molecule has 1 atom stereocenters. The Morgan fingerprint density at radius 2 is 2.21 bits per heavy atom. The first kappa shape index (κ1) is 17.5. The molecule has 0 amide bonds. The van der Waals surface area contributed by atoms with E-state index in [1.165, 1.54) is 19.3 Å². The van der Waals surface area contributed by atoms with Crippen LogP contribution >= 0.6 is 22.6 Å². The van der Waals surface area contributed by atoms with Gasteiger partial charge in [0.25, 0.3) is 0 Å². The van der Waals surface area contributed by atoms with Gasteiger partial charge in [-0.2, -0.15) is 0 Å². The Morgan fingerprint density at radius 1 is 1.29 bits per heavy atom. The van der Waals surface area contributed by atoms with Gasteiger partial charge in [-0.05, 0) is 59.7 Å². The molecular formula is C19H23FIN3. The predicted molar refractivity (Wildman–Crippen MR) is 107 cm³/mol. The highest BCUT2D eigenvalue weighted by molar-refractivity contribution is 14.1. The minimum Gasteiger partial charge on any atom is -0.380 e. The van der Waals surface area contributed by atoms with Crippen LogP contribution in [0.4, 0.5) is 10.1 Å². The van der Waals surface area contributed by atoms with Crippen molar-refractivity contribution in [1.82, 2.24) is 5.32 Å². The van der Waals surface area contributed by atoms with E-state index in [1.807, 2.05) is 18.3 Å². The molecule has 128 valence electrons. The Labute approximate surface area is 156 Å². The van der Waals surface area contributed by atoms with Crippen LogP contribution in [0.2, 0.25) is 0 Å². The van der Waals surface area contributed by atoms with Crippen molar-refractivity contribution in [2.24, 2.45) is 4.99 Å². The molecule has 0 aliphatic carbocycles. The van der Waals surface area contributed by atoms with Crippen LogP contribution in [0, 0.1) is 9.39 Å². The molecule has 5 heteroatoms. The molecule has 0 radical (unpaired) electrons. The maximum Gasteiger partial charge on any atom is 0.136 e. The average Bonchev–Trinajstić information content (AvgIpc) is 2.58. The van der Waals surface area contributed by atoms with Crippen LogP contribution in [0.25, 0.3) is 0 Å². The van der Waals surface area contributed by atoms with Crippen LogP contribution < -0.4 is 10.2 Å². The third kappa shape index (κ3) is 4.82. The van der Waals surface area contributed by atoms with Crippen molar-refractivity contribution < 1.29 is 4.39 Å². The van der Waals surface area contributed by atoms with E-state index in [0.29, 0.717) is 3.57 Å². The molecule has 3 rings (SSSR count). The zero-order valence-corrected chi connectivity index (χ0v) is 15.9. The summed E-state index contributed by atoms with van der Waals surface area (Å²) >= 11 is 2.06. The van der Waals surface area contributed by atoms with E-state index in [-0.39, 0.29) is 11.9 Å². The molecule has 2 aliphatic rings. The number of hydrogen-bond donors (Lipinski definition) is 1. The highest BCUT2D eigenvalue weighted by Gasteiger charge is 2.17. The molecule has 0 saturated carbocycles. The fourth-order valence-corrected chi connectivity index (χ4v) is 3.58. The summed E-state index contributed by atoms with van der Waals surface area (Å²) < 4.78 is 14.2. The number of halogens is 2. The van der Waals surface area contributed by atoms with Gasteiger partial charge in [0.2, 0.25) is 0 Å². The number of hydrogen-bond acceptors (Lipinski definition) is 3. The summed E-state index contributed by atoms with van der Waals surface area (Å²) in [4.78, 5) is 7.17. The first-order valence-corrected chi connectivity index (χ1v) is 9.64. The lowest BCUT2D eigenvalue weighted by molar-refractivity contribution is 0.504. The van der Waals surface area contributed by atoms with E-state index in [9.17, 15) is 4.39 Å². The molecule has 24 heavy (non-hydrogen) atoms. The second-order valence-electron chi connectivity index (χ2n) is 6.26. The number of aliphatic imine (C=N–C) groups is 1. The Hall–Kier alpha value is -1.37. The van der Waals surface area contributed by atoms with Gasteiger partial charge in [-0.1, -0.05) is 25.0 Å². The molecule has 0 spiro atoms. The summed E-state index contributed by atoms with van der Waals surface area (Å²) in [6, 6.07) is 5.67. The zero-order valence-electron chi connectivity index (χ0n) is 13.7. The number of benzene rings is 1. The second-order valence-corrected chi connectivity index (χ2v) is 7.42. The quantitative estimate of drug-likeness (QED) is 0.562. The standard InChI is InChI=1S/C19H23FIN3/c20-18-9-8-17(12-19(18)21)24-11-5-1-2-7-16(14-24)23-13-15-6-3-4-10-22-15/h3-4,6,8-9,12-13,16,22H,1-2,5,7,10-11,14H2. The summed E-state index contributed by atoms with van der Waals surface area (Å²) in [5.74, 6) is -0.149. The molecule has 1 saturated heterocycles. The van der Waals surface area contributed by atoms with Gasteiger partial charge in [-0.3, -0.25) is 4.99 Å². The molecule has 1 fully saturated rings. The fourth-order valence-electron chi connectivity index (χ4n) is 3.08. The highest BCUT2D eigenvalue weighted by atomic mass is 127. The van der Waals surface area contributed by atoms with E-state index in [1.54, 1.807) is 6.07 Å². The fraction of sp³-hybridized carbons (Fsp3) is 0.421. The van der Waals surface area contributed by atoms with Crippen LogP contribution in [-0.2, 0) is 0 Å². The number of rotatable bonds is 3. The predicted octanol–water partition coefficient (Wildman–Crippen LogP) is 4.29. The topological polar surface area (TPSA) is 27.6 Å². The molecule has 1 aromatic rings. The third-order valence-electron chi connectivity index (χ3n) is 4.43. The van der Waals surface area contributed by atoms with Gasteiger partial charge in [0.05, 0.1) is 15.3 Å². The Kier molecular flexibility index (Phi) is 6.29. The lowest BCUT2D eigenvalue weighted by atomic mass is 10.0. The highest BCUT2D eigenvalue weighted by Crippen LogP contribution is 2.24. The SMILES string of the molecule is Fc1ccc(N2CCCCCC(N=CC3=CC=CCN3)C2)cc1I. The first-order valence-electron chi connectivity index (χ1n) is 8.56. The Bertz CT molecular complexity index is 654. The summed E-state index contributed by atoms with van der Waals surface area (Å²) in [6.07, 6.45) is 12.9. The van der Waals surface area contributed by atoms with Crippen molar-refractivity contribution in [3.63, 3.8) is 0 Å². The van der Waals surface area contributed by atoms with Crippen molar-refractivity contribution >= 4 is 34.5 Å². The number of nitrogens with one attached hydrogen (secondary N) is 1. The maximum atomic E-state index is 13.5. The molecule has 1 aromatic carbocycles. The van der Waals surface area contributed by atoms with Gasteiger partial charge in [0, 0.05) is 31.5 Å². The van der Waals surface area contributed by atoms with Crippen LogP contribution in [0.3, 0.4) is 0 Å². The summed E-state index contributed by atoms with van der Waals surface area (Å²) in [5.41, 5.74) is 2.17. The Morgan fingerprint density at radius 3 is 3.00 bits per heavy atom. The molecule has 2 heterocycles. The lowest BCUT2D eigenvalue weighted by Crippen LogP contribution is -2.34. The van der Waals surface area contributed by atoms with Crippen LogP contribution in [-0.4, -0.2) is 31.9 Å². The molecule has 2 aliphatic heterocycles. The lowest BCUT2D eigenvalue weighted by Gasteiger charge is -2.30. The van der Waals surface area contributed by atoms with Crippen LogP contribution in [0.1, 0.15) is 25.7 Å². The molecular weight excluding hydrogens is 416 g/mol. The van der Waals surface area contributed by atoms with Gasteiger partial charge in [0.15, 0.2) is 0 Å². The van der Waals surface area contributed by atoms with Crippen molar-refractivity contribution in [3.8, 4) is 0 Å². The van der Waals surface area contributed by atoms with Gasteiger partial charge < -0.3 is 10.2 Å². The van der Waals surface area contributed by atoms with E-state index >= 15 is 0 Å². The minimum absolute atomic E-state index is 0.149. The summed E-state index contributed by atoms with van der Waals surface area (Å²) in [5, 5.41) is 3.31. The number of allylic oxidation sites excluding steroid dienone is 3. The van der Waals surface area contributed by atoms with Crippen LogP contribution in [0.5, 0.6) is 0 Å². The van der Waals surface area contributed by atoms with E-state index in [4.69, 9.17) is 4.99 Å². The van der Waals surface area contributed by atoms with E-state index in [2.05, 4.69) is 51.0 Å². The van der Waals surface area contributed by atoms with E-state index < -0.39 is 0 Å². The third-order valence-corrected chi connectivity index (χ3v) is 5.25. The molecule has 1 N–H and O–H groups in total. The van der Waals surface area contributed by atoms with Gasteiger partial charge in [0.1, 0.15) is 5.82 Å². The van der Waals surface area contributed by atoms with Gasteiger partial charge >= 0.3 is 0 Å². The molecule has 0 bridgehead atoms. The molecule has 0 aromatic heterocycles. The van der Waals surface area contributed by atoms with E-state index in [0.717, 1.165) is 37.4 Å². The number of nitrogens with zero attached hydrogens (tertiary/aromatic N) is 2. The van der Waals surface area contributed by atoms with Gasteiger partial charge in [-0.25, -0.2) is 4.39 Å². The second kappa shape index (κ2) is 8.65. The van der Waals surface area contributed by atoms with Crippen molar-refractivity contribution in [1.29, 1.82) is 0 Å². The van der Waals surface area contributed by atoms with Crippen LogP contribution in [0.15, 0.2) is 47.1 Å². The molecule has 3 nitrogen and oxygen atoms in total. The number of dihydropyridines is 1. The van der Waals surface area contributed by atoms with Crippen molar-refractivity contribution in [2.75, 3.05) is 24.5 Å². The largest absolute Gasteiger partial charge is 0.380 e. The smallest absolute Gasteiger partial charge is 0.136 e. The number of anilines is 1. The van der Waals surface area contributed by atoms with Crippen molar-refractivity contribution in [2.45, 2.75) is 31.7 Å². The molecule has 1 unspecified atom stereocenters. The zero-order chi connectivity index (χ0) is 16.8. The van der Waals surface area contributed by atoms with Crippen molar-refractivity contribution in [3.05, 3.63) is 51.5 Å². The average molecular weight is 439 g/mol.